The van der Waals surface area contributed by atoms with E-state index >= 15 is 4.39 Å². The molecule has 3 atom stereocenters. The number of benzene rings is 1. The average molecular weight is 724 g/mol. The Bertz CT molecular complexity index is 1920. The van der Waals surface area contributed by atoms with E-state index in [0.29, 0.717) is 70.0 Å². The number of likely N-dealkylation sites (tertiary alicyclic amines) is 1. The van der Waals surface area contributed by atoms with Crippen molar-refractivity contribution in [1.82, 2.24) is 30.0 Å². The minimum atomic E-state index is -1.18. The molecule has 1 aliphatic carbocycles. The molecule has 0 bridgehead atoms. The quantitative estimate of drug-likeness (QED) is 0.232. The van der Waals surface area contributed by atoms with Crippen molar-refractivity contribution in [3.05, 3.63) is 28.7 Å². The van der Waals surface area contributed by atoms with Crippen LogP contribution in [0.5, 0.6) is 11.9 Å². The zero-order valence-corrected chi connectivity index (χ0v) is 30.4. The van der Waals surface area contributed by atoms with Crippen LogP contribution in [-0.2, 0) is 9.47 Å². The molecule has 1 aromatic carbocycles. The molecule has 14 heteroatoms. The molecule has 4 fully saturated rings. The predicted octanol–water partition coefficient (Wildman–Crippen LogP) is 5.71. The van der Waals surface area contributed by atoms with Crippen LogP contribution in [0.1, 0.15) is 57.4 Å². The highest BCUT2D eigenvalue weighted by molar-refractivity contribution is 6.33. The molecule has 274 valence electrons. The fourth-order valence-corrected chi connectivity index (χ4v) is 9.26. The predicted molar refractivity (Wildman–Crippen MR) is 192 cm³/mol. The monoisotopic (exact) mass is 723 g/mol. The van der Waals surface area contributed by atoms with E-state index in [0.717, 1.165) is 71.2 Å². The van der Waals surface area contributed by atoms with E-state index in [2.05, 4.69) is 15.1 Å². The molecule has 12 nitrogen and oxygen atoms in total. The molecule has 2 N–H and O–H groups in total. The van der Waals surface area contributed by atoms with Gasteiger partial charge in [0.15, 0.2) is 5.82 Å². The summed E-state index contributed by atoms with van der Waals surface area (Å²) < 4.78 is 41.1. The van der Waals surface area contributed by atoms with Crippen LogP contribution in [0.2, 0.25) is 5.02 Å². The molecule has 3 saturated heterocycles. The van der Waals surface area contributed by atoms with Crippen molar-refractivity contribution in [2.24, 2.45) is 11.3 Å². The van der Waals surface area contributed by atoms with Gasteiger partial charge in [-0.1, -0.05) is 18.0 Å². The third-order valence-electron chi connectivity index (χ3n) is 11.6. The van der Waals surface area contributed by atoms with Crippen molar-refractivity contribution in [2.45, 2.75) is 70.4 Å². The molecule has 3 aliphatic heterocycles. The van der Waals surface area contributed by atoms with Crippen LogP contribution in [0.3, 0.4) is 0 Å². The Morgan fingerprint density at radius 3 is 2.75 bits per heavy atom. The molecule has 51 heavy (non-hydrogen) atoms. The lowest BCUT2D eigenvalue weighted by Gasteiger charge is -2.47. The van der Waals surface area contributed by atoms with Gasteiger partial charge in [0.2, 0.25) is 5.88 Å². The highest BCUT2D eigenvalue weighted by Gasteiger charge is 2.49. The molecular formula is C37H47ClFN7O5. The maximum absolute atomic E-state index is 17.2. The number of anilines is 1. The van der Waals surface area contributed by atoms with E-state index in [-0.39, 0.29) is 41.7 Å². The SMILES string of the molecule is COc1nc(-c2c(C)c(Cl)cc3[nH]ncc23)c(F)c2nc(OC[C@]34CCC[C@H]3N(CC3CCOCC3)CCC4)nc(N3CCOC[C@@](C)(O)C3)c12. The average Bonchev–Trinajstić information content (AvgIpc) is 3.73. The summed E-state index contributed by atoms with van der Waals surface area (Å²) >= 11 is 6.64. The van der Waals surface area contributed by atoms with Crippen LogP contribution in [0, 0.1) is 24.1 Å². The second kappa shape index (κ2) is 13.9. The normalized spacial score (nSPS) is 26.5. The molecule has 1 saturated carbocycles. The van der Waals surface area contributed by atoms with E-state index in [1.807, 2.05) is 11.8 Å². The zero-order valence-electron chi connectivity index (χ0n) is 29.6. The van der Waals surface area contributed by atoms with Gasteiger partial charge in [-0.3, -0.25) is 10.00 Å². The van der Waals surface area contributed by atoms with Crippen LogP contribution < -0.4 is 14.4 Å². The summed E-state index contributed by atoms with van der Waals surface area (Å²) in [5.41, 5.74) is 0.651. The number of hydrogen-bond acceptors (Lipinski definition) is 11. The first-order valence-electron chi connectivity index (χ1n) is 18.2. The lowest BCUT2D eigenvalue weighted by molar-refractivity contribution is -0.0203. The summed E-state index contributed by atoms with van der Waals surface area (Å²) in [6, 6.07) is 2.27. The Kier molecular flexibility index (Phi) is 9.45. The first-order chi connectivity index (χ1) is 24.7. The van der Waals surface area contributed by atoms with Gasteiger partial charge < -0.3 is 29.0 Å². The smallest absolute Gasteiger partial charge is 0.319 e. The van der Waals surface area contributed by atoms with Crippen LogP contribution in [0.25, 0.3) is 33.1 Å². The van der Waals surface area contributed by atoms with Crippen molar-refractivity contribution < 1.29 is 28.4 Å². The molecule has 0 unspecified atom stereocenters. The first-order valence-corrected chi connectivity index (χ1v) is 18.6. The number of pyridine rings is 1. The Morgan fingerprint density at radius 1 is 1.10 bits per heavy atom. The molecule has 4 aromatic rings. The van der Waals surface area contributed by atoms with E-state index in [4.69, 9.17) is 45.5 Å². The Hall–Kier alpha value is -3.36. The maximum atomic E-state index is 17.2. The summed E-state index contributed by atoms with van der Waals surface area (Å²) in [7, 11) is 1.49. The number of rotatable bonds is 8. The summed E-state index contributed by atoms with van der Waals surface area (Å²) in [4.78, 5) is 19.0. The number of nitrogens with one attached hydrogen (secondary N) is 1. The highest BCUT2D eigenvalue weighted by Crippen LogP contribution is 2.49. The second-order valence-corrected chi connectivity index (χ2v) is 15.6. The fourth-order valence-electron chi connectivity index (χ4n) is 9.06. The van der Waals surface area contributed by atoms with Crippen molar-refractivity contribution in [1.29, 1.82) is 0 Å². The summed E-state index contributed by atoms with van der Waals surface area (Å²) in [5.74, 6) is 0.526. The summed E-state index contributed by atoms with van der Waals surface area (Å²) in [6.45, 7) is 8.98. The Morgan fingerprint density at radius 2 is 1.92 bits per heavy atom. The van der Waals surface area contributed by atoms with Crippen LogP contribution in [0.15, 0.2) is 12.3 Å². The Labute approximate surface area is 302 Å². The minimum Gasteiger partial charge on any atom is -0.480 e. The van der Waals surface area contributed by atoms with Gasteiger partial charge >= 0.3 is 6.01 Å². The third kappa shape index (κ3) is 6.49. The van der Waals surface area contributed by atoms with Crippen molar-refractivity contribution in [3.8, 4) is 23.1 Å². The van der Waals surface area contributed by atoms with E-state index < -0.39 is 11.4 Å². The molecule has 8 rings (SSSR count). The molecular weight excluding hydrogens is 677 g/mol. The van der Waals surface area contributed by atoms with E-state index in [9.17, 15) is 5.11 Å². The van der Waals surface area contributed by atoms with E-state index in [1.165, 1.54) is 7.11 Å². The maximum Gasteiger partial charge on any atom is 0.319 e. The van der Waals surface area contributed by atoms with Gasteiger partial charge in [0.1, 0.15) is 28.0 Å². The van der Waals surface area contributed by atoms with E-state index in [1.54, 1.807) is 19.2 Å². The van der Waals surface area contributed by atoms with Crippen molar-refractivity contribution in [3.63, 3.8) is 0 Å². The molecule has 3 aromatic heterocycles. The zero-order chi connectivity index (χ0) is 35.3. The molecule has 0 spiro atoms. The van der Waals surface area contributed by atoms with Crippen molar-refractivity contribution >= 4 is 39.2 Å². The third-order valence-corrected chi connectivity index (χ3v) is 12.0. The summed E-state index contributed by atoms with van der Waals surface area (Å²) in [5, 5.41) is 19.7. The highest BCUT2D eigenvalue weighted by atomic mass is 35.5. The number of piperidine rings is 1. The standard InChI is InChI=1S/C37H47ClFN7O5/c1-22-25(38)16-26-24(17-40-44-26)28(22)31-30(39)32-29(34(41-31)48-3)33(46-12-15-50-20-36(2,47)19-46)43-35(42-32)51-21-37-9-4-6-27(37)45(11-5-10-37)18-23-7-13-49-14-8-23/h16-17,23,27,47H,4-15,18-21H2,1-3H3,(H,40,44)/t27-,36+,37-/m1/s1. The number of nitrogens with zero attached hydrogens (tertiary/aromatic N) is 6. The number of aromatic amines is 1. The number of halogens is 2. The lowest BCUT2D eigenvalue weighted by Crippen LogP contribution is -2.53. The number of H-pyrrole nitrogens is 1. The van der Waals surface area contributed by atoms with Gasteiger partial charge in [0.25, 0.3) is 0 Å². The molecule has 0 amide bonds. The number of β-amino-alcohol motifs (C(OH)–C–C–N with tert-alkyl or cyclic N) is 1. The largest absolute Gasteiger partial charge is 0.480 e. The Balaban J connectivity index is 1.22. The first kappa shape index (κ1) is 34.7. The summed E-state index contributed by atoms with van der Waals surface area (Å²) in [6.07, 6.45) is 9.40. The molecule has 4 aliphatic rings. The van der Waals surface area contributed by atoms with Crippen molar-refractivity contribution in [2.75, 3.05) is 71.2 Å². The van der Waals surface area contributed by atoms with Crippen LogP contribution >= 0.6 is 11.6 Å². The van der Waals surface area contributed by atoms with Gasteiger partial charge in [-0.05, 0) is 76.5 Å². The number of aliphatic hydroxyl groups is 1. The van der Waals surface area contributed by atoms with Gasteiger partial charge in [-0.2, -0.15) is 15.1 Å². The lowest BCUT2D eigenvalue weighted by atomic mass is 9.75. The number of ether oxygens (including phenoxy) is 4. The van der Waals surface area contributed by atoms with Crippen LogP contribution in [-0.4, -0.2) is 113 Å². The van der Waals surface area contributed by atoms with Gasteiger partial charge in [-0.25, -0.2) is 9.37 Å². The van der Waals surface area contributed by atoms with Crippen LogP contribution in [0.4, 0.5) is 10.2 Å². The second-order valence-electron chi connectivity index (χ2n) is 15.2. The van der Waals surface area contributed by atoms with Gasteiger partial charge in [0.05, 0.1) is 45.2 Å². The number of fused-ring (bicyclic) bond motifs is 3. The number of aromatic nitrogens is 5. The molecule has 0 radical (unpaired) electrons. The number of hydrogen-bond donors (Lipinski definition) is 2. The molecule has 6 heterocycles. The van der Waals surface area contributed by atoms with Gasteiger partial charge in [0, 0.05) is 53.7 Å². The number of methoxy groups -OCH3 is 1. The fraction of sp³-hybridized carbons (Fsp3) is 0.622. The van der Waals surface area contributed by atoms with Gasteiger partial charge in [-0.15, -0.1) is 0 Å². The topological polar surface area (TPSA) is 131 Å². The minimum absolute atomic E-state index is 0.0166.